The molecule has 6 nitrogen and oxygen atoms in total. The molecule has 2 aromatic heterocycles. The van der Waals surface area contributed by atoms with E-state index in [9.17, 15) is 13.2 Å². The van der Waals surface area contributed by atoms with E-state index in [0.29, 0.717) is 33.7 Å². The van der Waals surface area contributed by atoms with Gasteiger partial charge in [-0.2, -0.15) is 23.1 Å². The molecule has 148 valence electrons. The van der Waals surface area contributed by atoms with Crippen LogP contribution in [0.25, 0.3) is 10.9 Å². The van der Waals surface area contributed by atoms with E-state index in [2.05, 4.69) is 20.3 Å². The molecule has 4 aromatic rings. The van der Waals surface area contributed by atoms with Crippen LogP contribution in [-0.4, -0.2) is 22.1 Å². The van der Waals surface area contributed by atoms with Gasteiger partial charge in [0.2, 0.25) is 0 Å². The van der Waals surface area contributed by atoms with E-state index >= 15 is 0 Å². The number of para-hydroxylation sites is 1. The maximum Gasteiger partial charge on any atom is 0.429 e. The molecule has 2 aromatic carbocycles. The van der Waals surface area contributed by atoms with Crippen molar-refractivity contribution >= 4 is 33.9 Å². The molecule has 4 rings (SSSR count). The number of halogens is 3. The van der Waals surface area contributed by atoms with Gasteiger partial charge in [0.25, 0.3) is 0 Å². The first-order valence-corrected chi connectivity index (χ1v) is 9.18. The minimum absolute atomic E-state index is 0.0248. The molecule has 0 atom stereocenters. The maximum absolute atomic E-state index is 13.2. The van der Waals surface area contributed by atoms with Crippen molar-refractivity contribution in [1.29, 1.82) is 0 Å². The molecule has 0 saturated carbocycles. The molecule has 2 heterocycles. The van der Waals surface area contributed by atoms with Crippen molar-refractivity contribution in [3.63, 3.8) is 0 Å². The molecule has 29 heavy (non-hydrogen) atoms. The first-order valence-electron chi connectivity index (χ1n) is 8.30. The Morgan fingerprint density at radius 1 is 0.966 bits per heavy atom. The molecule has 0 aliphatic rings. The van der Waals surface area contributed by atoms with Gasteiger partial charge in [0.15, 0.2) is 10.7 Å². The first kappa shape index (κ1) is 18.9. The van der Waals surface area contributed by atoms with Crippen molar-refractivity contribution in [2.75, 3.05) is 12.4 Å². The van der Waals surface area contributed by atoms with Crippen LogP contribution in [0.5, 0.6) is 17.5 Å². The summed E-state index contributed by atoms with van der Waals surface area (Å²) in [4.78, 5) is 11.5. The number of alkyl halides is 3. The van der Waals surface area contributed by atoms with Gasteiger partial charge in [-0.05, 0) is 24.3 Å². The molecule has 0 aliphatic heterocycles. The third kappa shape index (κ3) is 4.06. The Kier molecular flexibility index (Phi) is 4.93. The van der Waals surface area contributed by atoms with E-state index < -0.39 is 11.1 Å². The zero-order valence-corrected chi connectivity index (χ0v) is 15.7. The average molecular weight is 418 g/mol. The quantitative estimate of drug-likeness (QED) is 0.452. The second-order valence-electron chi connectivity index (χ2n) is 5.81. The molecule has 0 fully saturated rings. The smallest absolute Gasteiger partial charge is 0.429 e. The van der Waals surface area contributed by atoms with Crippen LogP contribution in [0.3, 0.4) is 0 Å². The molecule has 0 amide bonds. The fraction of sp³-hybridized carbons (Fsp3) is 0.105. The fourth-order valence-electron chi connectivity index (χ4n) is 2.61. The topological polar surface area (TPSA) is 69.2 Å². The number of nitrogens with zero attached hydrogens (tertiary/aromatic N) is 3. The summed E-state index contributed by atoms with van der Waals surface area (Å²) in [7, 11) is 1.53. The van der Waals surface area contributed by atoms with E-state index in [4.69, 9.17) is 9.47 Å². The summed E-state index contributed by atoms with van der Waals surface area (Å²) in [6.45, 7) is 0. The Hall–Kier alpha value is -3.40. The van der Waals surface area contributed by atoms with Crippen LogP contribution in [0, 0.1) is 0 Å². The lowest BCUT2D eigenvalue weighted by Crippen LogP contribution is -2.07. The zero-order valence-electron chi connectivity index (χ0n) is 14.9. The summed E-state index contributed by atoms with van der Waals surface area (Å²) in [5.41, 5.74) is 1.63. The van der Waals surface area contributed by atoms with Gasteiger partial charge in [-0.3, -0.25) is 0 Å². The average Bonchev–Trinajstić information content (AvgIpc) is 3.17. The van der Waals surface area contributed by atoms with E-state index in [-0.39, 0.29) is 17.6 Å². The van der Waals surface area contributed by atoms with Crippen LogP contribution >= 0.6 is 11.3 Å². The van der Waals surface area contributed by atoms with Gasteiger partial charge in [0.1, 0.15) is 17.3 Å². The Bertz CT molecular complexity index is 1160. The zero-order chi connectivity index (χ0) is 20.4. The van der Waals surface area contributed by atoms with Crippen LogP contribution in [0.4, 0.5) is 24.8 Å². The highest BCUT2D eigenvalue weighted by molar-refractivity contribution is 7.10. The molecule has 0 radical (unpaired) electrons. The Morgan fingerprint density at radius 2 is 1.76 bits per heavy atom. The molecule has 1 N–H and O–H groups in total. The number of aromatic nitrogens is 3. The monoisotopic (exact) mass is 418 g/mol. The van der Waals surface area contributed by atoms with E-state index in [1.807, 2.05) is 0 Å². The Labute approximate surface area is 167 Å². The predicted octanol–water partition coefficient (Wildman–Crippen LogP) is 5.65. The minimum atomic E-state index is -4.52. The number of hydrogen-bond donors (Lipinski definition) is 1. The van der Waals surface area contributed by atoms with Gasteiger partial charge in [-0.15, -0.1) is 11.3 Å². The van der Waals surface area contributed by atoms with Crippen LogP contribution < -0.4 is 14.8 Å². The van der Waals surface area contributed by atoms with Gasteiger partial charge in [0.05, 0.1) is 18.1 Å². The summed E-state index contributed by atoms with van der Waals surface area (Å²) >= 11 is 0.505. The van der Waals surface area contributed by atoms with E-state index in [0.717, 1.165) is 5.51 Å². The Balaban J connectivity index is 1.74. The standard InChI is InChI=1S/C19H13F3N4O2S/c1-27-11-5-4-6-12(9-11)28-18-24-14-8-3-2-7-13(14)16(26-18)25-17-15(19(20,21)22)29-10-23-17/h2-10H,1H3,(H,24,25,26). The molecule has 0 spiro atoms. The summed E-state index contributed by atoms with van der Waals surface area (Å²) in [5.74, 6) is 0.845. The predicted molar refractivity (Wildman–Crippen MR) is 103 cm³/mol. The molecular weight excluding hydrogens is 405 g/mol. The van der Waals surface area contributed by atoms with Crippen molar-refractivity contribution < 1.29 is 22.6 Å². The van der Waals surface area contributed by atoms with E-state index in [1.54, 1.807) is 48.5 Å². The number of methoxy groups -OCH3 is 1. The lowest BCUT2D eigenvalue weighted by molar-refractivity contribution is -0.133. The number of nitrogens with one attached hydrogen (secondary N) is 1. The lowest BCUT2D eigenvalue weighted by atomic mass is 10.2. The lowest BCUT2D eigenvalue weighted by Gasteiger charge is -2.12. The van der Waals surface area contributed by atoms with E-state index in [1.165, 1.54) is 7.11 Å². The van der Waals surface area contributed by atoms with Crippen LogP contribution in [0.2, 0.25) is 0 Å². The summed E-state index contributed by atoms with van der Waals surface area (Å²) in [6, 6.07) is 13.7. The normalized spacial score (nSPS) is 11.4. The SMILES string of the molecule is COc1cccc(Oc2nc(Nc3ncsc3C(F)(F)F)c3ccccc3n2)c1. The largest absolute Gasteiger partial charge is 0.497 e. The highest BCUT2D eigenvalue weighted by Crippen LogP contribution is 2.39. The summed E-state index contributed by atoms with van der Waals surface area (Å²) in [5, 5.41) is 3.21. The number of benzene rings is 2. The number of fused-ring (bicyclic) bond motifs is 1. The fourth-order valence-corrected chi connectivity index (χ4v) is 3.23. The first-order chi connectivity index (χ1) is 13.9. The molecule has 0 bridgehead atoms. The molecule has 0 aliphatic carbocycles. The van der Waals surface area contributed by atoms with Crippen molar-refractivity contribution in [2.24, 2.45) is 0 Å². The van der Waals surface area contributed by atoms with Crippen molar-refractivity contribution in [3.05, 3.63) is 58.9 Å². The number of ether oxygens (including phenoxy) is 2. The summed E-state index contributed by atoms with van der Waals surface area (Å²) in [6.07, 6.45) is -4.52. The summed E-state index contributed by atoms with van der Waals surface area (Å²) < 4.78 is 50.5. The minimum Gasteiger partial charge on any atom is -0.497 e. The number of hydrogen-bond acceptors (Lipinski definition) is 7. The third-order valence-corrected chi connectivity index (χ3v) is 4.77. The van der Waals surface area contributed by atoms with Crippen LogP contribution in [0.1, 0.15) is 4.88 Å². The third-order valence-electron chi connectivity index (χ3n) is 3.89. The van der Waals surface area contributed by atoms with Crippen LogP contribution in [0.15, 0.2) is 54.0 Å². The van der Waals surface area contributed by atoms with Gasteiger partial charge in [-0.1, -0.05) is 18.2 Å². The number of anilines is 2. The van der Waals surface area contributed by atoms with Crippen molar-refractivity contribution in [1.82, 2.24) is 15.0 Å². The van der Waals surface area contributed by atoms with Gasteiger partial charge < -0.3 is 14.8 Å². The number of thiazole rings is 1. The number of rotatable bonds is 5. The van der Waals surface area contributed by atoms with Crippen LogP contribution in [-0.2, 0) is 6.18 Å². The molecular formula is C19H13F3N4O2S. The second-order valence-corrected chi connectivity index (χ2v) is 6.66. The second kappa shape index (κ2) is 7.55. The maximum atomic E-state index is 13.2. The Morgan fingerprint density at radius 3 is 2.55 bits per heavy atom. The molecule has 0 saturated heterocycles. The van der Waals surface area contributed by atoms with Crippen molar-refractivity contribution in [3.8, 4) is 17.5 Å². The molecule has 0 unspecified atom stereocenters. The van der Waals surface area contributed by atoms with Gasteiger partial charge in [-0.25, -0.2) is 4.98 Å². The van der Waals surface area contributed by atoms with Crippen molar-refractivity contribution in [2.45, 2.75) is 6.18 Å². The molecule has 10 heteroatoms. The van der Waals surface area contributed by atoms with Gasteiger partial charge in [0, 0.05) is 11.5 Å². The van der Waals surface area contributed by atoms with Gasteiger partial charge >= 0.3 is 12.2 Å². The highest BCUT2D eigenvalue weighted by atomic mass is 32.1. The highest BCUT2D eigenvalue weighted by Gasteiger charge is 2.36.